The molecular formula is C11H8F3NO3. The van der Waals surface area contributed by atoms with E-state index in [0.717, 1.165) is 13.2 Å². The summed E-state index contributed by atoms with van der Waals surface area (Å²) in [5.74, 6) is -0.973. The second-order valence-electron chi connectivity index (χ2n) is 3.32. The number of hydrogen-bond donors (Lipinski definition) is 1. The van der Waals surface area contributed by atoms with Crippen LogP contribution in [0.1, 0.15) is 27.0 Å². The second-order valence-corrected chi connectivity index (χ2v) is 3.32. The minimum absolute atomic E-state index is 0.271. The molecule has 0 saturated heterocycles. The van der Waals surface area contributed by atoms with Crippen LogP contribution in [-0.2, 0) is 17.5 Å². The Morgan fingerprint density at radius 3 is 2.50 bits per heavy atom. The van der Waals surface area contributed by atoms with Crippen LogP contribution in [0, 0.1) is 11.3 Å². The molecule has 0 aliphatic carbocycles. The Morgan fingerprint density at radius 2 is 2.11 bits per heavy atom. The van der Waals surface area contributed by atoms with Gasteiger partial charge in [-0.2, -0.15) is 18.4 Å². The fourth-order valence-electron chi connectivity index (χ4n) is 1.42. The molecule has 0 aliphatic rings. The van der Waals surface area contributed by atoms with Crippen molar-refractivity contribution in [2.75, 3.05) is 7.11 Å². The monoisotopic (exact) mass is 259 g/mol. The normalized spacial score (nSPS) is 10.9. The largest absolute Gasteiger partial charge is 0.465 e. The van der Waals surface area contributed by atoms with Crippen molar-refractivity contribution in [1.82, 2.24) is 0 Å². The fourth-order valence-corrected chi connectivity index (χ4v) is 1.42. The van der Waals surface area contributed by atoms with Gasteiger partial charge in [0.2, 0.25) is 0 Å². The van der Waals surface area contributed by atoms with Crippen LogP contribution in [0.5, 0.6) is 0 Å². The average molecular weight is 259 g/mol. The van der Waals surface area contributed by atoms with Gasteiger partial charge in [0.15, 0.2) is 0 Å². The Kier molecular flexibility index (Phi) is 3.93. The van der Waals surface area contributed by atoms with Gasteiger partial charge in [0, 0.05) is 0 Å². The van der Waals surface area contributed by atoms with E-state index in [-0.39, 0.29) is 11.1 Å². The number of nitriles is 1. The number of esters is 1. The zero-order valence-electron chi connectivity index (χ0n) is 9.21. The fraction of sp³-hybridized carbons (Fsp3) is 0.273. The van der Waals surface area contributed by atoms with Gasteiger partial charge in [-0.15, -0.1) is 0 Å². The zero-order chi connectivity index (χ0) is 13.9. The number of aliphatic hydroxyl groups is 1. The summed E-state index contributed by atoms with van der Waals surface area (Å²) in [6.45, 7) is -0.781. The number of hydrogen-bond acceptors (Lipinski definition) is 4. The van der Waals surface area contributed by atoms with E-state index in [4.69, 9.17) is 10.4 Å². The molecule has 4 nitrogen and oxygen atoms in total. The highest BCUT2D eigenvalue weighted by Crippen LogP contribution is 2.34. The first-order valence-electron chi connectivity index (χ1n) is 4.68. The van der Waals surface area contributed by atoms with Crippen LogP contribution in [0.2, 0.25) is 0 Å². The Labute approximate surface area is 100 Å². The van der Waals surface area contributed by atoms with Crippen molar-refractivity contribution < 1.29 is 27.8 Å². The van der Waals surface area contributed by atoms with E-state index in [1.807, 2.05) is 0 Å². The van der Waals surface area contributed by atoms with Gasteiger partial charge in [0.05, 0.1) is 30.4 Å². The molecule has 0 spiro atoms. The topological polar surface area (TPSA) is 70.3 Å². The van der Waals surface area contributed by atoms with Gasteiger partial charge in [0.1, 0.15) is 6.07 Å². The lowest BCUT2D eigenvalue weighted by atomic mass is 9.98. The van der Waals surface area contributed by atoms with Crippen molar-refractivity contribution in [2.24, 2.45) is 0 Å². The number of ether oxygens (including phenoxy) is 1. The minimum Gasteiger partial charge on any atom is -0.465 e. The van der Waals surface area contributed by atoms with E-state index in [1.54, 1.807) is 0 Å². The van der Waals surface area contributed by atoms with Gasteiger partial charge < -0.3 is 9.84 Å². The van der Waals surface area contributed by atoms with Crippen molar-refractivity contribution in [3.05, 3.63) is 34.4 Å². The van der Waals surface area contributed by atoms with Crippen LogP contribution in [-0.4, -0.2) is 18.2 Å². The Bertz CT molecular complexity index is 517. The third kappa shape index (κ3) is 2.60. The molecule has 0 amide bonds. The Hall–Kier alpha value is -2.07. The average Bonchev–Trinajstić information content (AvgIpc) is 2.34. The van der Waals surface area contributed by atoms with Gasteiger partial charge in [-0.25, -0.2) is 4.79 Å². The molecule has 0 heterocycles. The van der Waals surface area contributed by atoms with Crippen LogP contribution in [0.25, 0.3) is 0 Å². The van der Waals surface area contributed by atoms with Gasteiger partial charge in [-0.1, -0.05) is 0 Å². The van der Waals surface area contributed by atoms with Gasteiger partial charge in [-0.3, -0.25) is 0 Å². The lowest BCUT2D eigenvalue weighted by molar-refractivity contribution is -0.137. The first-order chi connectivity index (χ1) is 8.35. The molecule has 0 unspecified atom stereocenters. The molecule has 1 aromatic rings. The molecule has 0 fully saturated rings. The molecule has 1 N–H and O–H groups in total. The molecule has 0 saturated carbocycles. The number of benzene rings is 1. The van der Waals surface area contributed by atoms with Gasteiger partial charge >= 0.3 is 12.1 Å². The smallest absolute Gasteiger partial charge is 0.417 e. The molecular weight excluding hydrogens is 251 g/mol. The summed E-state index contributed by atoms with van der Waals surface area (Å²) < 4.78 is 42.4. The highest BCUT2D eigenvalue weighted by atomic mass is 19.4. The van der Waals surface area contributed by atoms with Crippen molar-refractivity contribution in [2.45, 2.75) is 12.8 Å². The highest BCUT2D eigenvalue weighted by Gasteiger charge is 2.35. The maximum Gasteiger partial charge on any atom is 0.417 e. The van der Waals surface area contributed by atoms with Gasteiger partial charge in [-0.05, 0) is 17.7 Å². The molecule has 0 bridgehead atoms. The summed E-state index contributed by atoms with van der Waals surface area (Å²) in [5, 5.41) is 17.7. The number of methoxy groups -OCH3 is 1. The molecule has 18 heavy (non-hydrogen) atoms. The van der Waals surface area contributed by atoms with Gasteiger partial charge in [0.25, 0.3) is 0 Å². The quantitative estimate of drug-likeness (QED) is 0.823. The second kappa shape index (κ2) is 5.06. The predicted octanol–water partition coefficient (Wildman–Crippen LogP) is 1.86. The lowest BCUT2D eigenvalue weighted by Gasteiger charge is -2.13. The summed E-state index contributed by atoms with van der Waals surface area (Å²) >= 11 is 0. The number of carbonyl (C=O) groups excluding carboxylic acids is 1. The van der Waals surface area contributed by atoms with Crippen molar-refractivity contribution in [1.29, 1.82) is 5.26 Å². The summed E-state index contributed by atoms with van der Waals surface area (Å²) in [6.07, 6.45) is -4.79. The zero-order valence-corrected chi connectivity index (χ0v) is 9.21. The number of halogens is 3. The Balaban J connectivity index is 3.57. The standard InChI is InChI=1S/C11H8F3NO3/c1-18-10(17)6-2-7(5-16)8(4-15)9(3-6)11(12,13)14/h2-3,16H,5H2,1H3. The van der Waals surface area contributed by atoms with E-state index in [0.29, 0.717) is 6.07 Å². The molecule has 0 aromatic heterocycles. The maximum absolute atomic E-state index is 12.7. The van der Waals surface area contributed by atoms with E-state index in [2.05, 4.69) is 4.74 Å². The minimum atomic E-state index is -4.79. The van der Waals surface area contributed by atoms with Crippen molar-refractivity contribution in [3.8, 4) is 6.07 Å². The number of alkyl halides is 3. The molecule has 0 radical (unpaired) electrons. The summed E-state index contributed by atoms with van der Waals surface area (Å²) in [4.78, 5) is 11.2. The first-order valence-corrected chi connectivity index (χ1v) is 4.68. The molecule has 7 heteroatoms. The number of carbonyl (C=O) groups is 1. The van der Waals surface area contributed by atoms with Crippen LogP contribution >= 0.6 is 0 Å². The van der Waals surface area contributed by atoms with E-state index in [1.165, 1.54) is 6.07 Å². The van der Waals surface area contributed by atoms with Crippen LogP contribution < -0.4 is 0 Å². The third-order valence-electron chi connectivity index (χ3n) is 2.23. The van der Waals surface area contributed by atoms with Crippen molar-refractivity contribution in [3.63, 3.8) is 0 Å². The first kappa shape index (κ1) is 14.0. The van der Waals surface area contributed by atoms with E-state index >= 15 is 0 Å². The summed E-state index contributed by atoms with van der Waals surface area (Å²) in [6, 6.07) is 2.90. The van der Waals surface area contributed by atoms with Crippen LogP contribution in [0.4, 0.5) is 13.2 Å². The molecule has 0 atom stereocenters. The van der Waals surface area contributed by atoms with E-state index < -0.39 is 29.9 Å². The SMILES string of the molecule is COC(=O)c1cc(CO)c(C#N)c(C(F)(F)F)c1. The molecule has 0 aliphatic heterocycles. The molecule has 1 aromatic carbocycles. The molecule has 96 valence electrons. The van der Waals surface area contributed by atoms with E-state index in [9.17, 15) is 18.0 Å². The van der Waals surface area contributed by atoms with Crippen molar-refractivity contribution >= 4 is 5.97 Å². The highest BCUT2D eigenvalue weighted by molar-refractivity contribution is 5.90. The number of aliphatic hydroxyl groups excluding tert-OH is 1. The summed E-state index contributed by atoms with van der Waals surface area (Å²) in [5.41, 5.74) is -2.60. The van der Waals surface area contributed by atoms with Crippen LogP contribution in [0.15, 0.2) is 12.1 Å². The molecule has 1 rings (SSSR count). The Morgan fingerprint density at radius 1 is 1.50 bits per heavy atom. The number of rotatable bonds is 2. The lowest BCUT2D eigenvalue weighted by Crippen LogP contribution is -2.13. The third-order valence-corrected chi connectivity index (χ3v) is 2.23. The summed E-state index contributed by atoms with van der Waals surface area (Å²) in [7, 11) is 1.02. The number of nitrogens with zero attached hydrogens (tertiary/aromatic N) is 1. The maximum atomic E-state index is 12.7. The predicted molar refractivity (Wildman–Crippen MR) is 53.4 cm³/mol. The van der Waals surface area contributed by atoms with Crippen LogP contribution in [0.3, 0.4) is 0 Å².